The van der Waals surface area contributed by atoms with E-state index in [4.69, 9.17) is 4.74 Å². The largest absolute Gasteiger partial charge is 0.383 e. The minimum absolute atomic E-state index is 0.701. The lowest BCUT2D eigenvalue weighted by Gasteiger charge is -2.20. The number of hydrogen-bond acceptors (Lipinski definition) is 3. The molecule has 5 nitrogen and oxygen atoms in total. The lowest BCUT2D eigenvalue weighted by molar-refractivity contribution is 0.203. The van der Waals surface area contributed by atoms with Crippen LogP contribution < -0.4 is 10.6 Å². The molecule has 5 heteroatoms. The highest BCUT2D eigenvalue weighted by molar-refractivity contribution is 5.79. The molecule has 1 fully saturated rings. The van der Waals surface area contributed by atoms with Crippen LogP contribution in [0.4, 0.5) is 0 Å². The van der Waals surface area contributed by atoms with Gasteiger partial charge in [-0.2, -0.15) is 0 Å². The summed E-state index contributed by atoms with van der Waals surface area (Å²) in [6.45, 7) is 6.04. The molecule has 1 rings (SSSR count). The van der Waals surface area contributed by atoms with Crippen LogP contribution in [0.5, 0.6) is 0 Å². The smallest absolute Gasteiger partial charge is 0.191 e. The highest BCUT2D eigenvalue weighted by Crippen LogP contribution is 2.08. The van der Waals surface area contributed by atoms with E-state index in [1.165, 1.54) is 38.8 Å². The molecule has 1 aliphatic rings. The van der Waals surface area contributed by atoms with Gasteiger partial charge in [0, 0.05) is 33.8 Å². The van der Waals surface area contributed by atoms with Crippen LogP contribution in [-0.2, 0) is 4.74 Å². The zero-order chi connectivity index (χ0) is 13.1. The molecule has 0 aromatic carbocycles. The van der Waals surface area contributed by atoms with E-state index in [-0.39, 0.29) is 0 Å². The first-order valence-electron chi connectivity index (χ1n) is 7.02. The topological polar surface area (TPSA) is 48.9 Å². The summed E-state index contributed by atoms with van der Waals surface area (Å²) in [5.74, 6) is 0.863. The van der Waals surface area contributed by atoms with Crippen LogP contribution in [0.2, 0.25) is 0 Å². The molecule has 0 radical (unpaired) electrons. The van der Waals surface area contributed by atoms with E-state index in [2.05, 4.69) is 20.5 Å². The summed E-state index contributed by atoms with van der Waals surface area (Å²) < 4.78 is 5.00. The van der Waals surface area contributed by atoms with Crippen molar-refractivity contribution in [2.45, 2.75) is 25.7 Å². The molecule has 0 aromatic rings. The molecule has 1 saturated heterocycles. The van der Waals surface area contributed by atoms with Gasteiger partial charge in [-0.3, -0.25) is 4.99 Å². The minimum atomic E-state index is 0.701. The molecule has 18 heavy (non-hydrogen) atoms. The van der Waals surface area contributed by atoms with E-state index in [1.807, 2.05) is 0 Å². The Morgan fingerprint density at radius 2 is 1.78 bits per heavy atom. The summed E-state index contributed by atoms with van der Waals surface area (Å²) in [6, 6.07) is 0. The van der Waals surface area contributed by atoms with Gasteiger partial charge in [0.25, 0.3) is 0 Å². The number of methoxy groups -OCH3 is 1. The van der Waals surface area contributed by atoms with E-state index >= 15 is 0 Å². The molecule has 0 amide bonds. The Labute approximate surface area is 111 Å². The van der Waals surface area contributed by atoms with Crippen molar-refractivity contribution in [1.29, 1.82) is 0 Å². The van der Waals surface area contributed by atoms with Crippen molar-refractivity contribution in [1.82, 2.24) is 15.5 Å². The van der Waals surface area contributed by atoms with Gasteiger partial charge in [0.05, 0.1) is 6.61 Å². The Bertz CT molecular complexity index is 225. The fraction of sp³-hybridized carbons (Fsp3) is 0.923. The molecular weight excluding hydrogens is 228 g/mol. The van der Waals surface area contributed by atoms with Crippen LogP contribution in [0.1, 0.15) is 25.7 Å². The van der Waals surface area contributed by atoms with Gasteiger partial charge in [-0.1, -0.05) is 12.8 Å². The second-order valence-electron chi connectivity index (χ2n) is 4.67. The highest BCUT2D eigenvalue weighted by Gasteiger charge is 2.08. The molecule has 0 aliphatic carbocycles. The lowest BCUT2D eigenvalue weighted by Crippen LogP contribution is -2.42. The SMILES string of the molecule is CN=C(NCCOC)NCCN1CCCCCC1. The number of hydrogen-bond donors (Lipinski definition) is 2. The van der Waals surface area contributed by atoms with Gasteiger partial charge in [0.15, 0.2) is 5.96 Å². The number of ether oxygens (including phenoxy) is 1. The summed E-state index contributed by atoms with van der Waals surface area (Å²) in [5.41, 5.74) is 0. The third-order valence-electron chi connectivity index (χ3n) is 3.24. The molecule has 0 spiro atoms. The molecule has 0 aromatic heterocycles. The molecule has 1 heterocycles. The Morgan fingerprint density at radius 3 is 2.39 bits per heavy atom. The van der Waals surface area contributed by atoms with Crippen molar-refractivity contribution in [3.05, 3.63) is 0 Å². The van der Waals surface area contributed by atoms with E-state index in [0.717, 1.165) is 25.6 Å². The van der Waals surface area contributed by atoms with Gasteiger partial charge < -0.3 is 20.3 Å². The van der Waals surface area contributed by atoms with Gasteiger partial charge in [-0.25, -0.2) is 0 Å². The summed E-state index contributed by atoms with van der Waals surface area (Å²) >= 11 is 0. The fourth-order valence-corrected chi connectivity index (χ4v) is 2.18. The average Bonchev–Trinajstić information content (AvgIpc) is 2.66. The Hall–Kier alpha value is -0.810. The van der Waals surface area contributed by atoms with Crippen LogP contribution in [0.3, 0.4) is 0 Å². The Balaban J connectivity index is 2.10. The zero-order valence-electron chi connectivity index (χ0n) is 11.9. The second kappa shape index (κ2) is 10.1. The second-order valence-corrected chi connectivity index (χ2v) is 4.67. The van der Waals surface area contributed by atoms with Crippen LogP contribution in [0.25, 0.3) is 0 Å². The summed E-state index contributed by atoms with van der Waals surface area (Å²) in [6.07, 6.45) is 5.48. The summed E-state index contributed by atoms with van der Waals surface area (Å²) in [4.78, 5) is 6.73. The molecule has 106 valence electrons. The third kappa shape index (κ3) is 6.81. The first-order valence-corrected chi connectivity index (χ1v) is 7.02. The molecule has 0 unspecified atom stereocenters. The number of guanidine groups is 1. The van der Waals surface area contributed by atoms with Crippen molar-refractivity contribution in [3.63, 3.8) is 0 Å². The van der Waals surface area contributed by atoms with Crippen LogP contribution in [0.15, 0.2) is 4.99 Å². The van der Waals surface area contributed by atoms with Crippen molar-refractivity contribution >= 4 is 5.96 Å². The first kappa shape index (κ1) is 15.2. The molecule has 0 bridgehead atoms. The average molecular weight is 256 g/mol. The van der Waals surface area contributed by atoms with Crippen LogP contribution >= 0.6 is 0 Å². The fourth-order valence-electron chi connectivity index (χ4n) is 2.18. The number of nitrogens with zero attached hydrogens (tertiary/aromatic N) is 2. The highest BCUT2D eigenvalue weighted by atomic mass is 16.5. The van der Waals surface area contributed by atoms with Gasteiger partial charge in [-0.05, 0) is 25.9 Å². The lowest BCUT2D eigenvalue weighted by atomic mass is 10.2. The maximum atomic E-state index is 5.00. The summed E-state index contributed by atoms with van der Waals surface area (Å²) in [7, 11) is 3.51. The molecular formula is C13H28N4O. The normalized spacial score (nSPS) is 18.4. The van der Waals surface area contributed by atoms with Crippen molar-refractivity contribution in [2.24, 2.45) is 4.99 Å². The maximum absolute atomic E-state index is 5.00. The third-order valence-corrected chi connectivity index (χ3v) is 3.24. The van der Waals surface area contributed by atoms with Gasteiger partial charge in [-0.15, -0.1) is 0 Å². The van der Waals surface area contributed by atoms with Crippen molar-refractivity contribution in [3.8, 4) is 0 Å². The van der Waals surface area contributed by atoms with E-state index in [9.17, 15) is 0 Å². The number of likely N-dealkylation sites (tertiary alicyclic amines) is 1. The van der Waals surface area contributed by atoms with Crippen LogP contribution in [0, 0.1) is 0 Å². The Kier molecular flexibility index (Phi) is 8.59. The van der Waals surface area contributed by atoms with Crippen molar-refractivity contribution < 1.29 is 4.74 Å². The van der Waals surface area contributed by atoms with E-state index < -0.39 is 0 Å². The maximum Gasteiger partial charge on any atom is 0.191 e. The van der Waals surface area contributed by atoms with Crippen LogP contribution in [-0.4, -0.2) is 64.3 Å². The van der Waals surface area contributed by atoms with Gasteiger partial charge in [0.2, 0.25) is 0 Å². The first-order chi connectivity index (χ1) is 8.86. The predicted molar refractivity (Wildman–Crippen MR) is 76.1 cm³/mol. The molecule has 1 aliphatic heterocycles. The van der Waals surface area contributed by atoms with E-state index in [0.29, 0.717) is 6.61 Å². The molecule has 0 atom stereocenters. The monoisotopic (exact) mass is 256 g/mol. The predicted octanol–water partition coefficient (Wildman–Crippen LogP) is 0.674. The number of nitrogens with one attached hydrogen (secondary N) is 2. The molecule has 2 N–H and O–H groups in total. The van der Waals surface area contributed by atoms with E-state index in [1.54, 1.807) is 14.2 Å². The summed E-state index contributed by atoms with van der Waals surface area (Å²) in [5, 5.41) is 6.55. The van der Waals surface area contributed by atoms with Gasteiger partial charge >= 0.3 is 0 Å². The molecule has 0 saturated carbocycles. The zero-order valence-corrected chi connectivity index (χ0v) is 11.9. The standard InChI is InChI=1S/C13H28N4O/c1-14-13(16-8-12-18-2)15-7-11-17-9-5-3-4-6-10-17/h3-12H2,1-2H3,(H2,14,15,16). The number of aliphatic imine (C=N–C) groups is 1. The number of rotatable bonds is 6. The minimum Gasteiger partial charge on any atom is -0.383 e. The van der Waals surface area contributed by atoms with Gasteiger partial charge in [0.1, 0.15) is 0 Å². The quantitative estimate of drug-likeness (QED) is 0.417. The Morgan fingerprint density at radius 1 is 1.11 bits per heavy atom. The van der Waals surface area contributed by atoms with Crippen molar-refractivity contribution in [2.75, 3.05) is 53.5 Å².